The topological polar surface area (TPSA) is 84.0 Å². The number of imide groups is 1. The molecule has 2 aliphatic heterocycles. The molecule has 0 spiro atoms. The van der Waals surface area contributed by atoms with Crippen LogP contribution >= 0.6 is 0 Å². The Morgan fingerprint density at radius 2 is 1.63 bits per heavy atom. The lowest BCUT2D eigenvalue weighted by atomic mass is 10.1. The molecule has 0 saturated heterocycles. The predicted octanol–water partition coefficient (Wildman–Crippen LogP) is 2.58. The number of carbonyl (C=O) groups is 4. The van der Waals surface area contributed by atoms with Gasteiger partial charge in [0.05, 0.1) is 11.1 Å². The van der Waals surface area contributed by atoms with Gasteiger partial charge in [-0.15, -0.1) is 0 Å². The van der Waals surface area contributed by atoms with Gasteiger partial charge in [0.2, 0.25) is 0 Å². The lowest BCUT2D eigenvalue weighted by Gasteiger charge is -2.22. The molecule has 7 nitrogen and oxygen atoms in total. The van der Waals surface area contributed by atoms with Crippen molar-refractivity contribution in [3.63, 3.8) is 0 Å². The summed E-state index contributed by atoms with van der Waals surface area (Å²) in [6, 6.07) is 14.4. The molecule has 0 aliphatic carbocycles. The Kier molecular flexibility index (Phi) is 5.35. The number of esters is 1. The summed E-state index contributed by atoms with van der Waals surface area (Å²) in [5, 5.41) is 0. The average molecular weight is 406 g/mol. The van der Waals surface area contributed by atoms with Crippen molar-refractivity contribution < 1.29 is 23.9 Å². The number of fused-ring (bicyclic) bond motifs is 2. The van der Waals surface area contributed by atoms with Gasteiger partial charge in [0.1, 0.15) is 0 Å². The summed E-state index contributed by atoms with van der Waals surface area (Å²) in [7, 11) is 0. The standard InChI is InChI=1S/C23H22N2O5/c1-15-13-16-7-2-5-10-19(16)25(15)20(26)14-30-21(27)11-6-12-24-22(28)17-8-3-4-9-18(17)23(24)29/h2-5,7-10,15H,6,11-14H2,1H3/t15-/m0/s1. The molecule has 30 heavy (non-hydrogen) atoms. The summed E-state index contributed by atoms with van der Waals surface area (Å²) in [5.74, 6) is -1.48. The highest BCUT2D eigenvalue weighted by molar-refractivity contribution is 6.21. The number of hydrogen-bond donors (Lipinski definition) is 0. The number of nitrogens with zero attached hydrogens (tertiary/aromatic N) is 2. The van der Waals surface area contributed by atoms with E-state index < -0.39 is 5.97 Å². The fourth-order valence-electron chi connectivity index (χ4n) is 4.05. The van der Waals surface area contributed by atoms with Crippen molar-refractivity contribution in [1.82, 2.24) is 4.90 Å². The molecule has 2 aliphatic rings. The first kappa shape index (κ1) is 19.8. The largest absolute Gasteiger partial charge is 0.456 e. The zero-order valence-electron chi connectivity index (χ0n) is 16.7. The highest BCUT2D eigenvalue weighted by Gasteiger charge is 2.35. The van der Waals surface area contributed by atoms with Gasteiger partial charge in [0.15, 0.2) is 6.61 Å². The van der Waals surface area contributed by atoms with Gasteiger partial charge >= 0.3 is 5.97 Å². The van der Waals surface area contributed by atoms with Gasteiger partial charge in [-0.1, -0.05) is 30.3 Å². The fourth-order valence-corrected chi connectivity index (χ4v) is 4.05. The maximum absolute atomic E-state index is 12.6. The van der Waals surface area contributed by atoms with Crippen LogP contribution in [0.25, 0.3) is 0 Å². The van der Waals surface area contributed by atoms with E-state index in [9.17, 15) is 19.2 Å². The van der Waals surface area contributed by atoms with Crippen LogP contribution in [-0.4, -0.2) is 47.8 Å². The van der Waals surface area contributed by atoms with E-state index in [-0.39, 0.29) is 49.8 Å². The molecule has 0 radical (unpaired) electrons. The highest BCUT2D eigenvalue weighted by Crippen LogP contribution is 2.31. The zero-order valence-corrected chi connectivity index (χ0v) is 16.7. The summed E-state index contributed by atoms with van der Waals surface area (Å²) in [6.45, 7) is 1.76. The molecule has 3 amide bonds. The fraction of sp³-hybridized carbons (Fsp3) is 0.304. The first-order valence-electron chi connectivity index (χ1n) is 9.98. The maximum atomic E-state index is 12.6. The first-order valence-corrected chi connectivity index (χ1v) is 9.98. The number of amides is 3. The van der Waals surface area contributed by atoms with Crippen molar-refractivity contribution in [1.29, 1.82) is 0 Å². The van der Waals surface area contributed by atoms with E-state index in [1.807, 2.05) is 31.2 Å². The molecule has 0 unspecified atom stereocenters. The third kappa shape index (κ3) is 3.58. The Balaban J connectivity index is 1.25. The van der Waals surface area contributed by atoms with Gasteiger partial charge in [0, 0.05) is 24.7 Å². The monoisotopic (exact) mass is 406 g/mol. The van der Waals surface area contributed by atoms with Crippen LogP contribution in [0.1, 0.15) is 46.0 Å². The lowest BCUT2D eigenvalue weighted by molar-refractivity contribution is -0.148. The van der Waals surface area contributed by atoms with E-state index in [2.05, 4.69) is 0 Å². The molecule has 0 saturated carbocycles. The van der Waals surface area contributed by atoms with Gasteiger partial charge in [-0.3, -0.25) is 24.1 Å². The summed E-state index contributed by atoms with van der Waals surface area (Å²) in [5.41, 5.74) is 2.73. The normalized spacial score (nSPS) is 17.2. The molecule has 0 N–H and O–H groups in total. The van der Waals surface area contributed by atoms with Gasteiger partial charge in [-0.05, 0) is 43.5 Å². The predicted molar refractivity (Wildman–Crippen MR) is 109 cm³/mol. The summed E-state index contributed by atoms with van der Waals surface area (Å²) >= 11 is 0. The molecule has 4 rings (SSSR count). The minimum Gasteiger partial charge on any atom is -0.456 e. The number of anilines is 1. The Morgan fingerprint density at radius 1 is 1.00 bits per heavy atom. The van der Waals surface area contributed by atoms with Crippen LogP contribution in [0, 0.1) is 0 Å². The second kappa shape index (κ2) is 8.10. The molecular weight excluding hydrogens is 384 g/mol. The molecule has 0 bridgehead atoms. The first-order chi connectivity index (χ1) is 14.5. The number of benzene rings is 2. The Hall–Kier alpha value is -3.48. The number of carbonyl (C=O) groups excluding carboxylic acids is 4. The van der Waals surface area contributed by atoms with Gasteiger partial charge < -0.3 is 9.64 Å². The zero-order chi connectivity index (χ0) is 21.3. The smallest absolute Gasteiger partial charge is 0.306 e. The number of hydrogen-bond acceptors (Lipinski definition) is 5. The van der Waals surface area contributed by atoms with Crippen molar-refractivity contribution in [2.75, 3.05) is 18.1 Å². The van der Waals surface area contributed by atoms with E-state index in [1.54, 1.807) is 29.2 Å². The van der Waals surface area contributed by atoms with Gasteiger partial charge in [-0.25, -0.2) is 0 Å². The van der Waals surface area contributed by atoms with Crippen molar-refractivity contribution in [2.45, 2.75) is 32.2 Å². The number of ether oxygens (including phenoxy) is 1. The van der Waals surface area contributed by atoms with Crippen LogP contribution in [0.4, 0.5) is 5.69 Å². The van der Waals surface area contributed by atoms with E-state index in [0.29, 0.717) is 11.1 Å². The van der Waals surface area contributed by atoms with Crippen molar-refractivity contribution in [2.24, 2.45) is 0 Å². The molecule has 2 aromatic rings. The van der Waals surface area contributed by atoms with Crippen LogP contribution in [0.5, 0.6) is 0 Å². The Morgan fingerprint density at radius 3 is 2.33 bits per heavy atom. The van der Waals surface area contributed by atoms with Crippen LogP contribution in [-0.2, 0) is 20.7 Å². The van der Waals surface area contributed by atoms with E-state index in [4.69, 9.17) is 4.74 Å². The van der Waals surface area contributed by atoms with Crippen LogP contribution < -0.4 is 4.90 Å². The SMILES string of the molecule is C[C@H]1Cc2ccccc2N1C(=O)COC(=O)CCCN1C(=O)c2ccccc2C1=O. The van der Waals surface area contributed by atoms with Crippen LogP contribution in [0.3, 0.4) is 0 Å². The van der Waals surface area contributed by atoms with Gasteiger partial charge in [0.25, 0.3) is 17.7 Å². The van der Waals surface area contributed by atoms with Crippen molar-refractivity contribution >= 4 is 29.4 Å². The van der Waals surface area contributed by atoms with Crippen molar-refractivity contribution in [3.05, 3.63) is 65.2 Å². The quantitative estimate of drug-likeness (QED) is 0.544. The molecule has 154 valence electrons. The lowest BCUT2D eigenvalue weighted by Crippen LogP contribution is -2.38. The second-order valence-corrected chi connectivity index (χ2v) is 7.52. The minimum atomic E-state index is -0.528. The number of rotatable bonds is 6. The Labute approximate surface area is 174 Å². The molecule has 1 atom stereocenters. The maximum Gasteiger partial charge on any atom is 0.306 e. The van der Waals surface area contributed by atoms with E-state index in [1.165, 1.54) is 0 Å². The molecule has 0 aromatic heterocycles. The molecule has 0 fully saturated rings. The van der Waals surface area contributed by atoms with Crippen LogP contribution in [0.2, 0.25) is 0 Å². The third-order valence-electron chi connectivity index (χ3n) is 5.47. The second-order valence-electron chi connectivity index (χ2n) is 7.52. The minimum absolute atomic E-state index is 0.0161. The summed E-state index contributed by atoms with van der Waals surface area (Å²) in [6.07, 6.45) is 1.07. The molecule has 7 heteroatoms. The molecular formula is C23H22N2O5. The third-order valence-corrected chi connectivity index (χ3v) is 5.47. The molecule has 2 aromatic carbocycles. The Bertz CT molecular complexity index is 997. The van der Waals surface area contributed by atoms with E-state index >= 15 is 0 Å². The van der Waals surface area contributed by atoms with Gasteiger partial charge in [-0.2, -0.15) is 0 Å². The highest BCUT2D eigenvalue weighted by atomic mass is 16.5. The average Bonchev–Trinajstić information content (AvgIpc) is 3.21. The molecule has 2 heterocycles. The summed E-state index contributed by atoms with van der Waals surface area (Å²) in [4.78, 5) is 52.1. The number of para-hydroxylation sites is 1. The van der Waals surface area contributed by atoms with Crippen LogP contribution in [0.15, 0.2) is 48.5 Å². The van der Waals surface area contributed by atoms with E-state index in [0.717, 1.165) is 22.6 Å². The summed E-state index contributed by atoms with van der Waals surface area (Å²) < 4.78 is 5.14. The van der Waals surface area contributed by atoms with Crippen molar-refractivity contribution in [3.8, 4) is 0 Å².